The molecule has 2 aromatic rings. The quantitative estimate of drug-likeness (QED) is 0.846. The Labute approximate surface area is 130 Å². The molecular formula is C15H12BrClFNO. The highest BCUT2D eigenvalue weighted by atomic mass is 79.9. The lowest BCUT2D eigenvalue weighted by atomic mass is 10.1. The average molecular weight is 357 g/mol. The van der Waals surface area contributed by atoms with E-state index in [4.69, 9.17) is 11.6 Å². The molecular weight excluding hydrogens is 345 g/mol. The van der Waals surface area contributed by atoms with Crippen molar-refractivity contribution in [3.05, 3.63) is 68.9 Å². The van der Waals surface area contributed by atoms with E-state index in [0.29, 0.717) is 5.02 Å². The Kier molecular flexibility index (Phi) is 4.78. The van der Waals surface area contributed by atoms with Gasteiger partial charge in [-0.1, -0.05) is 45.7 Å². The van der Waals surface area contributed by atoms with Crippen molar-refractivity contribution in [1.82, 2.24) is 5.32 Å². The SMILES string of the molecule is CC(NC(=O)c1cc(Cl)ccc1F)c1ccccc1Br. The maximum Gasteiger partial charge on any atom is 0.254 e. The van der Waals surface area contributed by atoms with Crippen LogP contribution in [0.4, 0.5) is 4.39 Å². The first-order valence-electron chi connectivity index (χ1n) is 5.99. The average Bonchev–Trinajstić information content (AvgIpc) is 2.41. The van der Waals surface area contributed by atoms with Crippen LogP contribution in [0.2, 0.25) is 5.02 Å². The molecule has 0 saturated carbocycles. The van der Waals surface area contributed by atoms with Crippen LogP contribution in [0.5, 0.6) is 0 Å². The largest absolute Gasteiger partial charge is 0.345 e. The van der Waals surface area contributed by atoms with Gasteiger partial charge in [0.15, 0.2) is 0 Å². The van der Waals surface area contributed by atoms with Gasteiger partial charge in [-0.2, -0.15) is 0 Å². The van der Waals surface area contributed by atoms with E-state index in [1.165, 1.54) is 18.2 Å². The fourth-order valence-electron chi connectivity index (χ4n) is 1.85. The van der Waals surface area contributed by atoms with Crippen LogP contribution in [0, 0.1) is 5.82 Å². The lowest BCUT2D eigenvalue weighted by Gasteiger charge is -2.16. The van der Waals surface area contributed by atoms with Gasteiger partial charge in [-0.3, -0.25) is 4.79 Å². The number of amides is 1. The summed E-state index contributed by atoms with van der Waals surface area (Å²) in [6.45, 7) is 1.83. The maximum atomic E-state index is 13.6. The van der Waals surface area contributed by atoms with Crippen molar-refractivity contribution >= 4 is 33.4 Å². The van der Waals surface area contributed by atoms with Gasteiger partial charge in [0.2, 0.25) is 0 Å². The zero-order chi connectivity index (χ0) is 14.7. The molecule has 0 aromatic heterocycles. The Morgan fingerprint density at radius 2 is 2.00 bits per heavy atom. The van der Waals surface area contributed by atoms with Crippen LogP contribution in [0.15, 0.2) is 46.9 Å². The Morgan fingerprint density at radius 1 is 1.30 bits per heavy atom. The number of benzene rings is 2. The first-order valence-corrected chi connectivity index (χ1v) is 7.16. The van der Waals surface area contributed by atoms with Gasteiger partial charge in [0.05, 0.1) is 11.6 Å². The Morgan fingerprint density at radius 3 is 2.70 bits per heavy atom. The molecule has 1 N–H and O–H groups in total. The van der Waals surface area contributed by atoms with Crippen LogP contribution in [-0.2, 0) is 0 Å². The molecule has 1 amide bonds. The van der Waals surface area contributed by atoms with E-state index in [-0.39, 0.29) is 11.6 Å². The van der Waals surface area contributed by atoms with E-state index in [2.05, 4.69) is 21.2 Å². The zero-order valence-electron chi connectivity index (χ0n) is 10.7. The third kappa shape index (κ3) is 3.38. The minimum Gasteiger partial charge on any atom is -0.345 e. The zero-order valence-corrected chi connectivity index (χ0v) is 13.0. The van der Waals surface area contributed by atoms with E-state index in [9.17, 15) is 9.18 Å². The standard InChI is InChI=1S/C15H12BrClFNO/c1-9(11-4-2-3-5-13(11)16)19-15(20)12-8-10(17)6-7-14(12)18/h2-9H,1H3,(H,19,20). The van der Waals surface area contributed by atoms with Crippen LogP contribution in [-0.4, -0.2) is 5.91 Å². The van der Waals surface area contributed by atoms with E-state index in [1.54, 1.807) is 0 Å². The van der Waals surface area contributed by atoms with Crippen LogP contribution in [0.25, 0.3) is 0 Å². The molecule has 5 heteroatoms. The first kappa shape index (κ1) is 15.0. The Bertz CT molecular complexity index is 648. The lowest BCUT2D eigenvalue weighted by Crippen LogP contribution is -2.27. The van der Waals surface area contributed by atoms with Crippen molar-refractivity contribution in [3.63, 3.8) is 0 Å². The van der Waals surface area contributed by atoms with Gasteiger partial charge >= 0.3 is 0 Å². The number of halogens is 3. The number of hydrogen-bond acceptors (Lipinski definition) is 1. The summed E-state index contributed by atoms with van der Waals surface area (Å²) in [5.74, 6) is -1.08. The van der Waals surface area contributed by atoms with Crippen LogP contribution >= 0.6 is 27.5 Å². The summed E-state index contributed by atoms with van der Waals surface area (Å²) >= 11 is 9.21. The predicted molar refractivity (Wildman–Crippen MR) is 81.4 cm³/mol. The second-order valence-corrected chi connectivity index (χ2v) is 5.63. The number of carbonyl (C=O) groups excluding carboxylic acids is 1. The molecule has 1 atom stereocenters. The van der Waals surface area contributed by atoms with Gasteiger partial charge < -0.3 is 5.32 Å². The molecule has 104 valence electrons. The van der Waals surface area contributed by atoms with Crippen LogP contribution in [0.3, 0.4) is 0 Å². The lowest BCUT2D eigenvalue weighted by molar-refractivity contribution is 0.0935. The highest BCUT2D eigenvalue weighted by Gasteiger charge is 2.16. The van der Waals surface area contributed by atoms with E-state index >= 15 is 0 Å². The Balaban J connectivity index is 2.20. The number of rotatable bonds is 3. The van der Waals surface area contributed by atoms with E-state index < -0.39 is 11.7 Å². The van der Waals surface area contributed by atoms with Crippen molar-refractivity contribution in [1.29, 1.82) is 0 Å². The third-order valence-electron chi connectivity index (χ3n) is 2.89. The molecule has 0 spiro atoms. The second-order valence-electron chi connectivity index (χ2n) is 4.34. The van der Waals surface area contributed by atoms with Crippen LogP contribution < -0.4 is 5.32 Å². The van der Waals surface area contributed by atoms with Gasteiger partial charge in [0.1, 0.15) is 5.82 Å². The minimum absolute atomic E-state index is 0.0589. The first-order chi connectivity index (χ1) is 9.49. The van der Waals surface area contributed by atoms with Gasteiger partial charge in [-0.25, -0.2) is 4.39 Å². The van der Waals surface area contributed by atoms with Gasteiger partial charge in [0.25, 0.3) is 5.91 Å². The number of carbonyl (C=O) groups is 1. The summed E-state index contributed by atoms with van der Waals surface area (Å²) in [6, 6.07) is 11.2. The molecule has 0 aliphatic heterocycles. The molecule has 0 radical (unpaired) electrons. The molecule has 0 fully saturated rings. The summed E-state index contributed by atoms with van der Waals surface area (Å²) in [7, 11) is 0. The van der Waals surface area contributed by atoms with Crippen molar-refractivity contribution in [2.45, 2.75) is 13.0 Å². The molecule has 0 bridgehead atoms. The van der Waals surface area contributed by atoms with Gasteiger partial charge in [-0.05, 0) is 36.8 Å². The van der Waals surface area contributed by atoms with Crippen molar-refractivity contribution in [2.24, 2.45) is 0 Å². The van der Waals surface area contributed by atoms with E-state index in [0.717, 1.165) is 10.0 Å². The normalized spacial score (nSPS) is 12.0. The molecule has 0 aliphatic rings. The predicted octanol–water partition coefficient (Wildman–Crippen LogP) is 4.73. The molecule has 2 aromatic carbocycles. The number of hydrogen-bond donors (Lipinski definition) is 1. The fraction of sp³-hybridized carbons (Fsp3) is 0.133. The molecule has 2 nitrogen and oxygen atoms in total. The summed E-state index contributed by atoms with van der Waals surface area (Å²) < 4.78 is 14.5. The second kappa shape index (κ2) is 6.37. The van der Waals surface area contributed by atoms with Crippen molar-refractivity contribution < 1.29 is 9.18 Å². The monoisotopic (exact) mass is 355 g/mol. The van der Waals surface area contributed by atoms with E-state index in [1.807, 2.05) is 31.2 Å². The molecule has 20 heavy (non-hydrogen) atoms. The Hall–Kier alpha value is -1.39. The summed E-state index contributed by atoms with van der Waals surface area (Å²) in [5.41, 5.74) is 0.861. The van der Waals surface area contributed by atoms with Gasteiger partial charge in [0, 0.05) is 9.50 Å². The highest BCUT2D eigenvalue weighted by Crippen LogP contribution is 2.23. The highest BCUT2D eigenvalue weighted by molar-refractivity contribution is 9.10. The summed E-state index contributed by atoms with van der Waals surface area (Å²) in [6.07, 6.45) is 0. The fourth-order valence-corrected chi connectivity index (χ4v) is 2.65. The smallest absolute Gasteiger partial charge is 0.254 e. The molecule has 0 heterocycles. The number of nitrogens with one attached hydrogen (secondary N) is 1. The minimum atomic E-state index is -0.591. The third-order valence-corrected chi connectivity index (χ3v) is 3.85. The molecule has 0 saturated heterocycles. The van der Waals surface area contributed by atoms with Crippen LogP contribution in [0.1, 0.15) is 28.9 Å². The topological polar surface area (TPSA) is 29.1 Å². The van der Waals surface area contributed by atoms with Crippen molar-refractivity contribution in [2.75, 3.05) is 0 Å². The molecule has 2 rings (SSSR count). The van der Waals surface area contributed by atoms with Gasteiger partial charge in [-0.15, -0.1) is 0 Å². The summed E-state index contributed by atoms with van der Waals surface area (Å²) in [4.78, 5) is 12.1. The maximum absolute atomic E-state index is 13.6. The molecule has 1 unspecified atom stereocenters. The van der Waals surface area contributed by atoms with Crippen molar-refractivity contribution in [3.8, 4) is 0 Å². The summed E-state index contributed by atoms with van der Waals surface area (Å²) in [5, 5.41) is 3.08. The molecule has 0 aliphatic carbocycles.